The minimum Gasteiger partial charge on any atom is -0.0590 e. The van der Waals surface area contributed by atoms with Crippen LogP contribution in [0.15, 0.2) is 36.4 Å². The molecule has 0 aliphatic heterocycles. The Morgan fingerprint density at radius 1 is 0.647 bits per heavy atom. The van der Waals surface area contributed by atoms with Gasteiger partial charge in [0.2, 0.25) is 0 Å². The summed E-state index contributed by atoms with van der Waals surface area (Å²) in [5.41, 5.74) is 8.33. The van der Waals surface area contributed by atoms with E-state index in [1.54, 1.807) is 0 Å². The lowest BCUT2D eigenvalue weighted by molar-refractivity contribution is 1.12. The zero-order chi connectivity index (χ0) is 12.4. The van der Waals surface area contributed by atoms with Crippen LogP contribution < -0.4 is 0 Å². The van der Waals surface area contributed by atoms with E-state index >= 15 is 0 Å². The van der Waals surface area contributed by atoms with E-state index in [4.69, 9.17) is 0 Å². The molecule has 0 aliphatic rings. The molecule has 17 heavy (non-hydrogen) atoms. The van der Waals surface area contributed by atoms with Crippen molar-refractivity contribution in [2.45, 2.75) is 34.1 Å². The zero-order valence-electron chi connectivity index (χ0n) is 11.2. The van der Waals surface area contributed by atoms with Crippen molar-refractivity contribution < 1.29 is 0 Å². The van der Waals surface area contributed by atoms with Crippen LogP contribution in [0.1, 0.15) is 33.4 Å². The van der Waals surface area contributed by atoms with Crippen molar-refractivity contribution in [2.75, 3.05) is 0 Å². The Morgan fingerprint density at radius 3 is 1.41 bits per heavy atom. The SMILES string of the molecule is Cc1ccc(Cc2ccc(C)cc2C)c(C)c1. The lowest BCUT2D eigenvalue weighted by Crippen LogP contribution is -1.95. The second kappa shape index (κ2) is 4.75. The van der Waals surface area contributed by atoms with E-state index < -0.39 is 0 Å². The van der Waals surface area contributed by atoms with Gasteiger partial charge in [-0.2, -0.15) is 0 Å². The molecule has 0 unspecified atom stereocenters. The summed E-state index contributed by atoms with van der Waals surface area (Å²) >= 11 is 0. The second-order valence-electron chi connectivity index (χ2n) is 5.04. The van der Waals surface area contributed by atoms with E-state index in [-0.39, 0.29) is 0 Å². The van der Waals surface area contributed by atoms with Gasteiger partial charge in [0, 0.05) is 0 Å². The maximum Gasteiger partial charge on any atom is -0.00205 e. The quantitative estimate of drug-likeness (QED) is 0.704. The lowest BCUT2D eigenvalue weighted by atomic mass is 9.95. The summed E-state index contributed by atoms with van der Waals surface area (Å²) in [7, 11) is 0. The molecule has 0 nitrogen and oxygen atoms in total. The van der Waals surface area contributed by atoms with Crippen LogP contribution in [-0.2, 0) is 6.42 Å². The molecule has 0 aromatic heterocycles. The molecule has 0 bridgehead atoms. The third kappa shape index (κ3) is 2.76. The largest absolute Gasteiger partial charge is 0.0590 e. The van der Waals surface area contributed by atoms with Crippen LogP contribution in [0.2, 0.25) is 0 Å². The van der Waals surface area contributed by atoms with Gasteiger partial charge in [0.05, 0.1) is 0 Å². The van der Waals surface area contributed by atoms with Crippen molar-refractivity contribution >= 4 is 0 Å². The first-order valence-corrected chi connectivity index (χ1v) is 6.18. The van der Waals surface area contributed by atoms with Crippen molar-refractivity contribution in [3.05, 3.63) is 69.8 Å². The number of hydrogen-bond donors (Lipinski definition) is 0. The molecular weight excluding hydrogens is 204 g/mol. The molecule has 0 heteroatoms. The van der Waals surface area contributed by atoms with Crippen molar-refractivity contribution in [1.29, 1.82) is 0 Å². The number of hydrogen-bond acceptors (Lipinski definition) is 0. The fourth-order valence-corrected chi connectivity index (χ4v) is 2.29. The second-order valence-corrected chi connectivity index (χ2v) is 5.04. The molecule has 2 aromatic carbocycles. The lowest BCUT2D eigenvalue weighted by Gasteiger charge is -2.10. The standard InChI is InChI=1S/C17H20/c1-12-5-7-16(14(3)9-12)11-17-8-6-13(2)10-15(17)4/h5-10H,11H2,1-4H3. The molecule has 0 saturated heterocycles. The highest BCUT2D eigenvalue weighted by molar-refractivity contribution is 5.38. The summed E-state index contributed by atoms with van der Waals surface area (Å²) in [4.78, 5) is 0. The normalized spacial score (nSPS) is 10.6. The van der Waals surface area contributed by atoms with E-state index in [0.717, 1.165) is 6.42 Å². The minimum absolute atomic E-state index is 1.04. The van der Waals surface area contributed by atoms with Gasteiger partial charge in [-0.3, -0.25) is 0 Å². The predicted molar refractivity (Wildman–Crippen MR) is 74.6 cm³/mol. The van der Waals surface area contributed by atoms with Crippen LogP contribution in [0.5, 0.6) is 0 Å². The molecular formula is C17H20. The summed E-state index contributed by atoms with van der Waals surface area (Å²) in [6, 6.07) is 13.4. The number of aryl methyl sites for hydroxylation is 4. The molecule has 0 saturated carbocycles. The van der Waals surface area contributed by atoms with Gasteiger partial charge >= 0.3 is 0 Å². The summed E-state index contributed by atoms with van der Waals surface area (Å²) < 4.78 is 0. The zero-order valence-corrected chi connectivity index (χ0v) is 11.2. The Kier molecular flexibility index (Phi) is 3.33. The molecule has 88 valence electrons. The van der Waals surface area contributed by atoms with Crippen molar-refractivity contribution in [3.8, 4) is 0 Å². The third-order valence-electron chi connectivity index (χ3n) is 3.38. The fraction of sp³-hybridized carbons (Fsp3) is 0.294. The fourth-order valence-electron chi connectivity index (χ4n) is 2.29. The first-order valence-electron chi connectivity index (χ1n) is 6.18. The van der Waals surface area contributed by atoms with Crippen LogP contribution in [-0.4, -0.2) is 0 Å². The molecule has 0 heterocycles. The number of benzene rings is 2. The van der Waals surface area contributed by atoms with E-state index in [9.17, 15) is 0 Å². The van der Waals surface area contributed by atoms with Crippen LogP contribution in [0.3, 0.4) is 0 Å². The average molecular weight is 224 g/mol. The van der Waals surface area contributed by atoms with E-state index in [1.165, 1.54) is 33.4 Å². The minimum atomic E-state index is 1.04. The third-order valence-corrected chi connectivity index (χ3v) is 3.38. The molecule has 2 rings (SSSR count). The van der Waals surface area contributed by atoms with Gasteiger partial charge in [-0.05, 0) is 56.4 Å². The first kappa shape index (κ1) is 11.9. The first-order chi connectivity index (χ1) is 8.06. The Morgan fingerprint density at radius 2 is 1.06 bits per heavy atom. The predicted octanol–water partition coefficient (Wildman–Crippen LogP) is 4.51. The van der Waals surface area contributed by atoms with Gasteiger partial charge in [-0.25, -0.2) is 0 Å². The van der Waals surface area contributed by atoms with E-state index in [1.807, 2.05) is 0 Å². The van der Waals surface area contributed by atoms with Crippen molar-refractivity contribution in [2.24, 2.45) is 0 Å². The van der Waals surface area contributed by atoms with Crippen LogP contribution in [0.25, 0.3) is 0 Å². The van der Waals surface area contributed by atoms with Gasteiger partial charge in [0.25, 0.3) is 0 Å². The van der Waals surface area contributed by atoms with Gasteiger partial charge in [0.1, 0.15) is 0 Å². The van der Waals surface area contributed by atoms with Gasteiger partial charge in [-0.1, -0.05) is 47.5 Å². The van der Waals surface area contributed by atoms with Crippen molar-refractivity contribution in [1.82, 2.24) is 0 Å². The molecule has 0 aliphatic carbocycles. The van der Waals surface area contributed by atoms with Crippen LogP contribution in [0.4, 0.5) is 0 Å². The van der Waals surface area contributed by atoms with E-state index in [0.29, 0.717) is 0 Å². The molecule has 0 amide bonds. The Hall–Kier alpha value is -1.56. The maximum atomic E-state index is 2.26. The molecule has 0 fully saturated rings. The maximum absolute atomic E-state index is 2.26. The van der Waals surface area contributed by atoms with Crippen molar-refractivity contribution in [3.63, 3.8) is 0 Å². The Bertz CT molecular complexity index is 486. The monoisotopic (exact) mass is 224 g/mol. The molecule has 0 spiro atoms. The van der Waals surface area contributed by atoms with Crippen LogP contribution in [0, 0.1) is 27.7 Å². The summed E-state index contributed by atoms with van der Waals surface area (Å²) in [5, 5.41) is 0. The van der Waals surface area contributed by atoms with Gasteiger partial charge in [0.15, 0.2) is 0 Å². The number of rotatable bonds is 2. The summed E-state index contributed by atoms with van der Waals surface area (Å²) in [6.07, 6.45) is 1.04. The average Bonchev–Trinajstić information content (AvgIpc) is 2.25. The highest BCUT2D eigenvalue weighted by Crippen LogP contribution is 2.18. The van der Waals surface area contributed by atoms with E-state index in [2.05, 4.69) is 64.1 Å². The Labute approximate surface area is 104 Å². The smallest absolute Gasteiger partial charge is 0.00205 e. The summed E-state index contributed by atoms with van der Waals surface area (Å²) in [5.74, 6) is 0. The molecule has 0 atom stereocenters. The molecule has 0 N–H and O–H groups in total. The highest BCUT2D eigenvalue weighted by atomic mass is 14.1. The van der Waals surface area contributed by atoms with Gasteiger partial charge < -0.3 is 0 Å². The topological polar surface area (TPSA) is 0 Å². The van der Waals surface area contributed by atoms with Gasteiger partial charge in [-0.15, -0.1) is 0 Å². The molecule has 2 aromatic rings. The molecule has 0 radical (unpaired) electrons. The van der Waals surface area contributed by atoms with Crippen LogP contribution >= 0.6 is 0 Å². The summed E-state index contributed by atoms with van der Waals surface area (Å²) in [6.45, 7) is 8.69. The highest BCUT2D eigenvalue weighted by Gasteiger charge is 2.03. The Balaban J connectivity index is 2.31.